The van der Waals surface area contributed by atoms with Crippen LogP contribution < -0.4 is 10.2 Å². The van der Waals surface area contributed by atoms with Gasteiger partial charge in [0.15, 0.2) is 0 Å². The van der Waals surface area contributed by atoms with E-state index in [4.69, 9.17) is 0 Å². The molecule has 0 atom stereocenters. The Morgan fingerprint density at radius 1 is 1.19 bits per heavy atom. The van der Waals surface area contributed by atoms with Crippen molar-refractivity contribution in [2.45, 2.75) is 59.5 Å². The normalized spacial score (nSPS) is 18.9. The number of piperidine rings is 1. The zero-order valence-electron chi connectivity index (χ0n) is 14.1. The summed E-state index contributed by atoms with van der Waals surface area (Å²) in [7, 11) is 0. The predicted octanol–water partition coefficient (Wildman–Crippen LogP) is 4.34. The summed E-state index contributed by atoms with van der Waals surface area (Å²) in [6.45, 7) is 13.6. The number of hydrogen-bond acceptors (Lipinski definition) is 2. The predicted molar refractivity (Wildman–Crippen MR) is 88.2 cm³/mol. The molecule has 0 amide bonds. The van der Waals surface area contributed by atoms with Crippen LogP contribution in [0.25, 0.3) is 0 Å². The molecule has 1 aliphatic heterocycles. The molecule has 118 valence electrons. The van der Waals surface area contributed by atoms with Crippen molar-refractivity contribution in [3.63, 3.8) is 0 Å². The standard InChI is InChI=1S/C18H29FN2/c1-17(2,3)20-13-14-15(19)7-6-8-16(14)21-11-9-18(4,5)10-12-21/h6-8,20H,9-13H2,1-5H3. The summed E-state index contributed by atoms with van der Waals surface area (Å²) in [5.41, 5.74) is 2.26. The Bertz CT molecular complexity index is 478. The Morgan fingerprint density at radius 2 is 1.81 bits per heavy atom. The molecule has 1 aliphatic rings. The fraction of sp³-hybridized carbons (Fsp3) is 0.667. The molecule has 1 aromatic rings. The van der Waals surface area contributed by atoms with Crippen LogP contribution in [0.4, 0.5) is 10.1 Å². The topological polar surface area (TPSA) is 15.3 Å². The molecule has 0 unspecified atom stereocenters. The first kappa shape index (κ1) is 16.3. The Morgan fingerprint density at radius 3 is 2.38 bits per heavy atom. The molecule has 0 aromatic heterocycles. The largest absolute Gasteiger partial charge is 0.371 e. The second-order valence-electron chi connectivity index (χ2n) is 7.99. The van der Waals surface area contributed by atoms with Gasteiger partial charge in [-0.25, -0.2) is 4.39 Å². The lowest BCUT2D eigenvalue weighted by Gasteiger charge is -2.39. The maximum atomic E-state index is 14.3. The summed E-state index contributed by atoms with van der Waals surface area (Å²) in [5.74, 6) is -0.103. The minimum Gasteiger partial charge on any atom is -0.371 e. The molecule has 0 spiro atoms. The van der Waals surface area contributed by atoms with E-state index in [0.29, 0.717) is 12.0 Å². The molecule has 3 heteroatoms. The van der Waals surface area contributed by atoms with E-state index in [2.05, 4.69) is 50.9 Å². The van der Waals surface area contributed by atoms with E-state index in [9.17, 15) is 4.39 Å². The second kappa shape index (κ2) is 5.96. The van der Waals surface area contributed by atoms with E-state index in [1.807, 2.05) is 6.07 Å². The van der Waals surface area contributed by atoms with Crippen LogP contribution in [0.1, 0.15) is 53.0 Å². The molecule has 1 heterocycles. The summed E-state index contributed by atoms with van der Waals surface area (Å²) in [6, 6.07) is 5.45. The highest BCUT2D eigenvalue weighted by molar-refractivity contribution is 5.54. The lowest BCUT2D eigenvalue weighted by atomic mass is 9.82. The van der Waals surface area contributed by atoms with Crippen molar-refractivity contribution < 1.29 is 4.39 Å². The molecule has 0 radical (unpaired) electrons. The first-order valence-corrected chi connectivity index (χ1v) is 7.95. The first-order valence-electron chi connectivity index (χ1n) is 7.95. The van der Waals surface area contributed by atoms with Crippen LogP contribution in [0.3, 0.4) is 0 Å². The Kier molecular flexibility index (Phi) is 4.62. The lowest BCUT2D eigenvalue weighted by Crippen LogP contribution is -2.39. The van der Waals surface area contributed by atoms with Gasteiger partial charge in [0.05, 0.1) is 0 Å². The van der Waals surface area contributed by atoms with Gasteiger partial charge in [-0.3, -0.25) is 0 Å². The first-order chi connectivity index (χ1) is 9.68. The van der Waals surface area contributed by atoms with Gasteiger partial charge in [0.2, 0.25) is 0 Å². The van der Waals surface area contributed by atoms with Crippen molar-refractivity contribution in [2.75, 3.05) is 18.0 Å². The van der Waals surface area contributed by atoms with Gasteiger partial charge < -0.3 is 10.2 Å². The van der Waals surface area contributed by atoms with Gasteiger partial charge in [-0.2, -0.15) is 0 Å². The molecule has 1 aromatic carbocycles. The summed E-state index contributed by atoms with van der Waals surface area (Å²) in [4.78, 5) is 2.34. The van der Waals surface area contributed by atoms with Crippen molar-refractivity contribution >= 4 is 5.69 Å². The SMILES string of the molecule is CC1(C)CCN(c2cccc(F)c2CNC(C)(C)C)CC1. The number of nitrogens with zero attached hydrogens (tertiary/aromatic N) is 1. The third-order valence-corrected chi connectivity index (χ3v) is 4.35. The molecule has 2 rings (SSSR count). The number of rotatable bonds is 3. The molecule has 2 nitrogen and oxygen atoms in total. The number of hydrogen-bond donors (Lipinski definition) is 1. The molecular formula is C18H29FN2. The van der Waals surface area contributed by atoms with E-state index in [1.165, 1.54) is 0 Å². The quantitative estimate of drug-likeness (QED) is 0.891. The van der Waals surface area contributed by atoms with Crippen LogP contribution >= 0.6 is 0 Å². The van der Waals surface area contributed by atoms with Gasteiger partial charge in [0.25, 0.3) is 0 Å². The van der Waals surface area contributed by atoms with Crippen molar-refractivity contribution in [3.05, 3.63) is 29.6 Å². The molecule has 1 N–H and O–H groups in total. The number of nitrogens with one attached hydrogen (secondary N) is 1. The fourth-order valence-corrected chi connectivity index (χ4v) is 2.73. The summed E-state index contributed by atoms with van der Waals surface area (Å²) in [5, 5.41) is 3.41. The van der Waals surface area contributed by atoms with E-state index in [-0.39, 0.29) is 11.4 Å². The Balaban J connectivity index is 2.18. The van der Waals surface area contributed by atoms with Crippen LogP contribution in [-0.2, 0) is 6.54 Å². The number of anilines is 1. The van der Waals surface area contributed by atoms with Crippen LogP contribution in [-0.4, -0.2) is 18.6 Å². The van der Waals surface area contributed by atoms with Crippen molar-refractivity contribution in [1.29, 1.82) is 0 Å². The van der Waals surface area contributed by atoms with Crippen molar-refractivity contribution in [2.24, 2.45) is 5.41 Å². The lowest BCUT2D eigenvalue weighted by molar-refractivity contribution is 0.279. The number of benzene rings is 1. The van der Waals surface area contributed by atoms with Gasteiger partial charge in [-0.05, 0) is 51.2 Å². The van der Waals surface area contributed by atoms with Gasteiger partial charge in [-0.15, -0.1) is 0 Å². The highest BCUT2D eigenvalue weighted by atomic mass is 19.1. The molecular weight excluding hydrogens is 263 g/mol. The summed E-state index contributed by atoms with van der Waals surface area (Å²) >= 11 is 0. The van der Waals surface area contributed by atoms with Crippen LogP contribution in [0, 0.1) is 11.2 Å². The summed E-state index contributed by atoms with van der Waals surface area (Å²) in [6.07, 6.45) is 2.32. The van der Waals surface area contributed by atoms with E-state index < -0.39 is 0 Å². The summed E-state index contributed by atoms with van der Waals surface area (Å²) < 4.78 is 14.3. The van der Waals surface area contributed by atoms with Gasteiger partial charge in [0, 0.05) is 36.4 Å². The van der Waals surface area contributed by atoms with E-state index >= 15 is 0 Å². The molecule has 21 heavy (non-hydrogen) atoms. The molecule has 0 aliphatic carbocycles. The molecule has 1 fully saturated rings. The Hall–Kier alpha value is -1.09. The smallest absolute Gasteiger partial charge is 0.129 e. The highest BCUT2D eigenvalue weighted by Crippen LogP contribution is 2.34. The maximum absolute atomic E-state index is 14.3. The minimum absolute atomic E-state index is 0.0105. The molecule has 1 saturated heterocycles. The average Bonchev–Trinajstić information content (AvgIpc) is 2.36. The van der Waals surface area contributed by atoms with E-state index in [0.717, 1.165) is 37.2 Å². The maximum Gasteiger partial charge on any atom is 0.129 e. The molecule has 0 bridgehead atoms. The van der Waals surface area contributed by atoms with Crippen LogP contribution in [0.15, 0.2) is 18.2 Å². The van der Waals surface area contributed by atoms with Crippen LogP contribution in [0.5, 0.6) is 0 Å². The zero-order chi connectivity index (χ0) is 15.7. The monoisotopic (exact) mass is 292 g/mol. The third-order valence-electron chi connectivity index (χ3n) is 4.35. The van der Waals surface area contributed by atoms with Crippen molar-refractivity contribution in [1.82, 2.24) is 5.32 Å². The van der Waals surface area contributed by atoms with Crippen LogP contribution in [0.2, 0.25) is 0 Å². The minimum atomic E-state index is -0.103. The van der Waals surface area contributed by atoms with Gasteiger partial charge >= 0.3 is 0 Å². The Labute approximate surface area is 128 Å². The number of halogens is 1. The van der Waals surface area contributed by atoms with E-state index in [1.54, 1.807) is 6.07 Å². The highest BCUT2D eigenvalue weighted by Gasteiger charge is 2.27. The fourth-order valence-electron chi connectivity index (χ4n) is 2.73. The second-order valence-corrected chi connectivity index (χ2v) is 7.99. The van der Waals surface area contributed by atoms with Crippen molar-refractivity contribution in [3.8, 4) is 0 Å². The van der Waals surface area contributed by atoms with Gasteiger partial charge in [0.1, 0.15) is 5.82 Å². The average molecular weight is 292 g/mol. The molecule has 0 saturated carbocycles. The van der Waals surface area contributed by atoms with Gasteiger partial charge in [-0.1, -0.05) is 19.9 Å². The third kappa shape index (κ3) is 4.44. The zero-order valence-corrected chi connectivity index (χ0v) is 14.1.